The summed E-state index contributed by atoms with van der Waals surface area (Å²) in [4.78, 5) is 27.2. The van der Waals surface area contributed by atoms with Gasteiger partial charge in [0, 0.05) is 49.6 Å². The molecule has 1 N–H and O–H groups in total. The van der Waals surface area contributed by atoms with Crippen molar-refractivity contribution in [2.45, 2.75) is 45.7 Å². The van der Waals surface area contributed by atoms with E-state index in [1.54, 1.807) is 0 Å². The van der Waals surface area contributed by atoms with Crippen molar-refractivity contribution < 1.29 is 9.18 Å². The Hall–Kier alpha value is -2.25. The number of likely N-dealkylation sites (N-methyl/N-ethyl adjacent to an activating group) is 1. The molecule has 4 rings (SSSR count). The number of aromatic nitrogens is 2. The Balaban J connectivity index is 1.53. The van der Waals surface area contributed by atoms with Gasteiger partial charge in [0.2, 0.25) is 0 Å². The molecule has 6 nitrogen and oxygen atoms in total. The lowest BCUT2D eigenvalue weighted by molar-refractivity contribution is 0.0896. The van der Waals surface area contributed by atoms with E-state index in [2.05, 4.69) is 36.0 Å². The molecule has 0 bridgehead atoms. The zero-order valence-electron chi connectivity index (χ0n) is 18.3. The van der Waals surface area contributed by atoms with Crippen LogP contribution < -0.4 is 10.2 Å². The summed E-state index contributed by atoms with van der Waals surface area (Å²) in [6, 6.07) is 4.39. The molecule has 0 saturated carbocycles. The standard InChI is InChI=1S/C23H29ClFN5O/c1-14(2)26-22-23(28-20-13-29(3)9-8-19(20)27-22)30-10-6-15(7-11-30)21(31)17-12-16(24)4-5-18(17)25/h4-5,12,14-15H,6-11,13H2,1-3H3,(H,26,27). The fourth-order valence-electron chi connectivity index (χ4n) is 4.30. The maximum absolute atomic E-state index is 14.2. The highest BCUT2D eigenvalue weighted by molar-refractivity contribution is 6.31. The van der Waals surface area contributed by atoms with Gasteiger partial charge in [0.1, 0.15) is 5.82 Å². The molecule has 1 aromatic heterocycles. The summed E-state index contributed by atoms with van der Waals surface area (Å²) in [6.07, 6.45) is 2.18. The molecule has 1 saturated heterocycles. The van der Waals surface area contributed by atoms with Crippen LogP contribution in [0.3, 0.4) is 0 Å². The van der Waals surface area contributed by atoms with Gasteiger partial charge in [-0.15, -0.1) is 0 Å². The van der Waals surface area contributed by atoms with Crippen LogP contribution in [-0.2, 0) is 13.0 Å². The number of fused-ring (bicyclic) bond motifs is 1. The minimum Gasteiger partial charge on any atom is -0.365 e. The third kappa shape index (κ3) is 4.83. The highest BCUT2D eigenvalue weighted by atomic mass is 35.5. The monoisotopic (exact) mass is 445 g/mol. The van der Waals surface area contributed by atoms with Crippen LogP contribution in [0.2, 0.25) is 5.02 Å². The van der Waals surface area contributed by atoms with Gasteiger partial charge in [0.05, 0.1) is 17.0 Å². The minimum absolute atomic E-state index is 0.0877. The van der Waals surface area contributed by atoms with Crippen LogP contribution in [0.25, 0.3) is 0 Å². The van der Waals surface area contributed by atoms with Gasteiger partial charge >= 0.3 is 0 Å². The second-order valence-electron chi connectivity index (χ2n) is 8.83. The van der Waals surface area contributed by atoms with Gasteiger partial charge in [-0.2, -0.15) is 0 Å². The molecule has 31 heavy (non-hydrogen) atoms. The molecule has 0 amide bonds. The third-order valence-corrected chi connectivity index (χ3v) is 6.20. The maximum Gasteiger partial charge on any atom is 0.172 e. The largest absolute Gasteiger partial charge is 0.365 e. The number of carbonyl (C=O) groups excluding carboxylic acids is 1. The van der Waals surface area contributed by atoms with Gasteiger partial charge in [0.25, 0.3) is 0 Å². The number of halogens is 2. The summed E-state index contributed by atoms with van der Waals surface area (Å²) in [7, 11) is 2.09. The SMILES string of the molecule is CC(C)Nc1nc2c(nc1N1CCC(C(=O)c3cc(Cl)ccc3F)CC1)CN(C)CC2. The van der Waals surface area contributed by atoms with Crippen LogP contribution >= 0.6 is 11.6 Å². The Labute approximate surface area is 187 Å². The molecule has 0 spiro atoms. The number of piperidine rings is 1. The molecule has 2 aliphatic heterocycles. The molecule has 1 aromatic carbocycles. The van der Waals surface area contributed by atoms with Crippen molar-refractivity contribution in [3.63, 3.8) is 0 Å². The molecule has 0 aliphatic carbocycles. The minimum atomic E-state index is -0.509. The number of hydrogen-bond acceptors (Lipinski definition) is 6. The summed E-state index contributed by atoms with van der Waals surface area (Å²) in [5.41, 5.74) is 2.17. The van der Waals surface area contributed by atoms with Crippen molar-refractivity contribution >= 4 is 29.0 Å². The van der Waals surface area contributed by atoms with E-state index < -0.39 is 5.82 Å². The number of rotatable bonds is 5. The third-order valence-electron chi connectivity index (χ3n) is 5.97. The average molecular weight is 446 g/mol. The van der Waals surface area contributed by atoms with Crippen molar-refractivity contribution in [1.29, 1.82) is 0 Å². The smallest absolute Gasteiger partial charge is 0.172 e. The first kappa shape index (κ1) is 22.0. The molecule has 0 unspecified atom stereocenters. The van der Waals surface area contributed by atoms with Crippen molar-refractivity contribution in [2.24, 2.45) is 5.92 Å². The van der Waals surface area contributed by atoms with Gasteiger partial charge in [0.15, 0.2) is 17.4 Å². The van der Waals surface area contributed by atoms with E-state index in [1.165, 1.54) is 18.2 Å². The number of Topliss-reactive ketones (excluding diaryl/α,β-unsaturated/α-hetero) is 1. The molecule has 1 fully saturated rings. The highest BCUT2D eigenvalue weighted by Gasteiger charge is 2.30. The predicted molar refractivity (Wildman–Crippen MR) is 122 cm³/mol. The van der Waals surface area contributed by atoms with E-state index in [-0.39, 0.29) is 23.3 Å². The first-order valence-corrected chi connectivity index (χ1v) is 11.3. The quantitative estimate of drug-likeness (QED) is 0.697. The van der Waals surface area contributed by atoms with E-state index in [4.69, 9.17) is 21.6 Å². The zero-order chi connectivity index (χ0) is 22.1. The van der Waals surface area contributed by atoms with Gasteiger partial charge < -0.3 is 15.1 Å². The topological polar surface area (TPSA) is 61.4 Å². The van der Waals surface area contributed by atoms with E-state index >= 15 is 0 Å². The molecule has 0 radical (unpaired) electrons. The van der Waals surface area contributed by atoms with Crippen molar-refractivity contribution in [3.8, 4) is 0 Å². The highest BCUT2D eigenvalue weighted by Crippen LogP contribution is 2.31. The van der Waals surface area contributed by atoms with Crippen LogP contribution in [0, 0.1) is 11.7 Å². The number of benzene rings is 1. The van der Waals surface area contributed by atoms with E-state index in [1.807, 2.05) is 0 Å². The van der Waals surface area contributed by atoms with Gasteiger partial charge in [-0.25, -0.2) is 14.4 Å². The Morgan fingerprint density at radius 1 is 1.19 bits per heavy atom. The van der Waals surface area contributed by atoms with E-state index in [9.17, 15) is 9.18 Å². The van der Waals surface area contributed by atoms with E-state index in [0.29, 0.717) is 31.0 Å². The van der Waals surface area contributed by atoms with Crippen LogP contribution in [-0.4, -0.2) is 53.4 Å². The number of hydrogen-bond donors (Lipinski definition) is 1. The van der Waals surface area contributed by atoms with Crippen molar-refractivity contribution in [2.75, 3.05) is 36.9 Å². The van der Waals surface area contributed by atoms with Crippen LogP contribution in [0.4, 0.5) is 16.0 Å². The van der Waals surface area contributed by atoms with Crippen molar-refractivity contribution in [3.05, 3.63) is 46.0 Å². The number of nitrogens with one attached hydrogen (secondary N) is 1. The summed E-state index contributed by atoms with van der Waals surface area (Å²) in [5, 5.41) is 3.82. The summed E-state index contributed by atoms with van der Waals surface area (Å²) in [6.45, 7) is 7.30. The average Bonchev–Trinajstić information content (AvgIpc) is 2.74. The predicted octanol–water partition coefficient (Wildman–Crippen LogP) is 4.18. The molecule has 2 aromatic rings. The van der Waals surface area contributed by atoms with Gasteiger partial charge in [-0.1, -0.05) is 11.6 Å². The van der Waals surface area contributed by atoms with Crippen LogP contribution in [0.1, 0.15) is 48.4 Å². The lowest BCUT2D eigenvalue weighted by atomic mass is 9.88. The summed E-state index contributed by atoms with van der Waals surface area (Å²) >= 11 is 5.98. The number of ketones is 1. The first-order chi connectivity index (χ1) is 14.8. The lowest BCUT2D eigenvalue weighted by Crippen LogP contribution is -2.38. The van der Waals surface area contributed by atoms with Crippen LogP contribution in [0.15, 0.2) is 18.2 Å². The Morgan fingerprint density at radius 2 is 1.94 bits per heavy atom. The normalized spacial score (nSPS) is 17.7. The zero-order valence-corrected chi connectivity index (χ0v) is 19.0. The fraction of sp³-hybridized carbons (Fsp3) is 0.522. The molecule has 0 atom stereocenters. The molecule has 166 valence electrons. The molecular formula is C23H29ClFN5O. The Kier molecular flexibility index (Phi) is 6.44. The lowest BCUT2D eigenvalue weighted by Gasteiger charge is -2.34. The molecule has 8 heteroatoms. The number of anilines is 2. The summed E-state index contributed by atoms with van der Waals surface area (Å²) in [5.74, 6) is 0.761. The maximum atomic E-state index is 14.2. The molecule has 2 aliphatic rings. The second kappa shape index (κ2) is 9.09. The first-order valence-electron chi connectivity index (χ1n) is 10.9. The second-order valence-corrected chi connectivity index (χ2v) is 9.26. The van der Waals surface area contributed by atoms with Crippen LogP contribution in [0.5, 0.6) is 0 Å². The Bertz CT molecular complexity index is 975. The van der Waals surface area contributed by atoms with E-state index in [0.717, 1.165) is 42.5 Å². The van der Waals surface area contributed by atoms with Gasteiger partial charge in [-0.05, 0) is 51.9 Å². The molecule has 3 heterocycles. The molecular weight excluding hydrogens is 417 g/mol. The van der Waals surface area contributed by atoms with Crippen molar-refractivity contribution in [1.82, 2.24) is 14.9 Å². The fourth-order valence-corrected chi connectivity index (χ4v) is 4.48. The number of nitrogens with zero attached hydrogens (tertiary/aromatic N) is 4. The number of carbonyl (C=O) groups is 1. The summed E-state index contributed by atoms with van der Waals surface area (Å²) < 4.78 is 14.2. The Morgan fingerprint density at radius 3 is 2.65 bits per heavy atom. The van der Waals surface area contributed by atoms with Gasteiger partial charge in [-0.3, -0.25) is 4.79 Å².